The van der Waals surface area contributed by atoms with E-state index in [1.54, 1.807) is 13.2 Å². The van der Waals surface area contributed by atoms with E-state index in [1.165, 1.54) is 16.9 Å². The van der Waals surface area contributed by atoms with Crippen LogP contribution in [0.5, 0.6) is 11.5 Å². The lowest BCUT2D eigenvalue weighted by atomic mass is 10.1. The van der Waals surface area contributed by atoms with Crippen LogP contribution in [-0.2, 0) is 11.2 Å². The molecule has 3 aromatic carbocycles. The molecule has 0 saturated carbocycles. The van der Waals surface area contributed by atoms with Gasteiger partial charge in [0.25, 0.3) is 0 Å². The maximum Gasteiger partial charge on any atom is 0.160 e. The van der Waals surface area contributed by atoms with Crippen molar-refractivity contribution in [1.29, 1.82) is 0 Å². The summed E-state index contributed by atoms with van der Waals surface area (Å²) in [6, 6.07) is 26.4. The molecule has 4 rings (SSSR count). The number of hydrogen-bond acceptors (Lipinski definition) is 4. The monoisotopic (exact) mass is 391 g/mol. The lowest BCUT2D eigenvalue weighted by Gasteiger charge is -2.24. The van der Waals surface area contributed by atoms with Crippen LogP contribution in [0, 0.1) is 0 Å². The summed E-state index contributed by atoms with van der Waals surface area (Å²) in [5.41, 5.74) is 3.63. The Kier molecular flexibility index (Phi) is 7.54. The summed E-state index contributed by atoms with van der Waals surface area (Å²) in [5.74, 6) is 0.762. The molecule has 1 saturated heterocycles. The Morgan fingerprint density at radius 3 is 2.03 bits per heavy atom. The number of ether oxygens (including phenoxy) is 2. The third kappa shape index (κ3) is 6.26. The van der Waals surface area contributed by atoms with Gasteiger partial charge in [0.15, 0.2) is 11.5 Å². The second-order valence-electron chi connectivity index (χ2n) is 6.99. The topological polar surface area (TPSA) is 45.2 Å². The van der Waals surface area contributed by atoms with Crippen LogP contribution >= 0.6 is 0 Å². The second kappa shape index (κ2) is 10.5. The van der Waals surface area contributed by atoms with Crippen molar-refractivity contribution in [2.45, 2.75) is 25.9 Å². The minimum absolute atomic E-state index is 0.206. The number of benzene rings is 3. The SMILES string of the molecule is CCCc1ccc(O)c(OC)c1.c1ccc(N(CC2CO2)c2ccccc2)cc1. The third-order valence-electron chi connectivity index (χ3n) is 4.71. The van der Waals surface area contributed by atoms with E-state index in [1.807, 2.05) is 24.3 Å². The van der Waals surface area contributed by atoms with Gasteiger partial charge in [0, 0.05) is 11.4 Å². The van der Waals surface area contributed by atoms with Crippen molar-refractivity contribution >= 4 is 11.4 Å². The fourth-order valence-electron chi connectivity index (χ4n) is 3.12. The first-order valence-corrected chi connectivity index (χ1v) is 10.1. The van der Waals surface area contributed by atoms with Crippen molar-refractivity contribution in [2.75, 3.05) is 25.2 Å². The molecule has 3 aromatic rings. The molecule has 1 unspecified atom stereocenters. The number of phenolic OH excluding ortho intramolecular Hbond substituents is 1. The van der Waals surface area contributed by atoms with E-state index in [0.29, 0.717) is 11.9 Å². The van der Waals surface area contributed by atoms with E-state index in [0.717, 1.165) is 26.0 Å². The van der Waals surface area contributed by atoms with Crippen molar-refractivity contribution in [1.82, 2.24) is 0 Å². The summed E-state index contributed by atoms with van der Waals surface area (Å²) in [6.45, 7) is 3.93. The first-order chi connectivity index (χ1) is 14.2. The van der Waals surface area contributed by atoms with Gasteiger partial charge in [0.05, 0.1) is 26.4 Å². The molecular weight excluding hydrogens is 362 g/mol. The van der Waals surface area contributed by atoms with E-state index in [4.69, 9.17) is 9.47 Å². The maximum atomic E-state index is 9.28. The van der Waals surface area contributed by atoms with Crippen LogP contribution in [-0.4, -0.2) is 31.5 Å². The van der Waals surface area contributed by atoms with E-state index in [-0.39, 0.29) is 5.75 Å². The zero-order chi connectivity index (χ0) is 20.5. The third-order valence-corrected chi connectivity index (χ3v) is 4.71. The molecule has 4 heteroatoms. The summed E-state index contributed by atoms with van der Waals surface area (Å²) in [6.07, 6.45) is 2.51. The zero-order valence-electron chi connectivity index (χ0n) is 17.1. The molecule has 0 bridgehead atoms. The number of phenols is 1. The van der Waals surface area contributed by atoms with E-state index >= 15 is 0 Å². The average Bonchev–Trinajstić information content (AvgIpc) is 3.60. The Hall–Kier alpha value is -2.98. The minimum Gasteiger partial charge on any atom is -0.504 e. The Balaban J connectivity index is 0.000000177. The van der Waals surface area contributed by atoms with Crippen molar-refractivity contribution in [3.8, 4) is 11.5 Å². The first-order valence-electron chi connectivity index (χ1n) is 10.1. The Morgan fingerprint density at radius 1 is 0.966 bits per heavy atom. The normalized spacial score (nSPS) is 14.5. The summed E-state index contributed by atoms with van der Waals surface area (Å²) in [5, 5.41) is 9.28. The van der Waals surface area contributed by atoms with Crippen molar-refractivity contribution < 1.29 is 14.6 Å². The zero-order valence-corrected chi connectivity index (χ0v) is 17.1. The van der Waals surface area contributed by atoms with Gasteiger partial charge in [-0.2, -0.15) is 0 Å². The largest absolute Gasteiger partial charge is 0.504 e. The fourth-order valence-corrected chi connectivity index (χ4v) is 3.12. The quantitative estimate of drug-likeness (QED) is 0.534. The van der Waals surface area contributed by atoms with E-state index in [9.17, 15) is 5.11 Å². The standard InChI is InChI=1S/C15H15NO.C10H14O2/c1-3-7-13(8-4-1)16(11-15-12-17-15)14-9-5-2-6-10-14;1-3-4-8-5-6-9(11)10(7-8)12-2/h1-10,15H,11-12H2;5-7,11H,3-4H2,1-2H3. The summed E-state index contributed by atoms with van der Waals surface area (Å²) in [7, 11) is 1.56. The number of epoxide rings is 1. The Labute approximate surface area is 173 Å². The molecule has 4 nitrogen and oxygen atoms in total. The number of nitrogens with zero attached hydrogens (tertiary/aromatic N) is 1. The summed E-state index contributed by atoms with van der Waals surface area (Å²) in [4.78, 5) is 2.30. The number of methoxy groups -OCH3 is 1. The van der Waals surface area contributed by atoms with Gasteiger partial charge < -0.3 is 19.5 Å². The van der Waals surface area contributed by atoms with Gasteiger partial charge in [-0.15, -0.1) is 0 Å². The van der Waals surface area contributed by atoms with Gasteiger partial charge >= 0.3 is 0 Å². The summed E-state index contributed by atoms with van der Waals surface area (Å²) < 4.78 is 10.3. The molecule has 1 aliphatic heterocycles. The Bertz CT molecular complexity index is 824. The number of aromatic hydroxyl groups is 1. The average molecular weight is 392 g/mol. The van der Waals surface area contributed by atoms with Crippen LogP contribution in [0.2, 0.25) is 0 Å². The number of aryl methyl sites for hydroxylation is 1. The van der Waals surface area contributed by atoms with Gasteiger partial charge in [-0.1, -0.05) is 55.8 Å². The lowest BCUT2D eigenvalue weighted by Crippen LogP contribution is -2.22. The highest BCUT2D eigenvalue weighted by atomic mass is 16.6. The van der Waals surface area contributed by atoms with Gasteiger partial charge in [0.2, 0.25) is 0 Å². The molecule has 0 aromatic heterocycles. The Morgan fingerprint density at radius 2 is 1.55 bits per heavy atom. The predicted molar refractivity (Wildman–Crippen MR) is 118 cm³/mol. The minimum atomic E-state index is 0.206. The molecule has 1 N–H and O–H groups in total. The van der Waals surface area contributed by atoms with Crippen molar-refractivity contribution in [3.63, 3.8) is 0 Å². The van der Waals surface area contributed by atoms with Crippen LogP contribution in [0.1, 0.15) is 18.9 Å². The molecule has 0 amide bonds. The lowest BCUT2D eigenvalue weighted by molar-refractivity contribution is 0.373. The summed E-state index contributed by atoms with van der Waals surface area (Å²) >= 11 is 0. The second-order valence-corrected chi connectivity index (χ2v) is 6.99. The molecule has 1 fully saturated rings. The predicted octanol–water partition coefficient (Wildman–Crippen LogP) is 5.58. The molecule has 29 heavy (non-hydrogen) atoms. The van der Waals surface area contributed by atoms with Gasteiger partial charge in [-0.3, -0.25) is 0 Å². The molecule has 152 valence electrons. The fraction of sp³-hybridized carbons (Fsp3) is 0.280. The highest BCUT2D eigenvalue weighted by Crippen LogP contribution is 2.28. The number of para-hydroxylation sites is 2. The van der Waals surface area contributed by atoms with Gasteiger partial charge in [-0.25, -0.2) is 0 Å². The highest BCUT2D eigenvalue weighted by molar-refractivity contribution is 5.63. The van der Waals surface area contributed by atoms with Crippen LogP contribution in [0.4, 0.5) is 11.4 Å². The first kappa shape index (κ1) is 20.7. The molecular formula is C25H29NO3. The van der Waals surface area contributed by atoms with Crippen molar-refractivity contribution in [3.05, 3.63) is 84.4 Å². The van der Waals surface area contributed by atoms with Crippen LogP contribution in [0.15, 0.2) is 78.9 Å². The molecule has 0 aliphatic carbocycles. The smallest absolute Gasteiger partial charge is 0.160 e. The van der Waals surface area contributed by atoms with E-state index in [2.05, 4.69) is 60.4 Å². The van der Waals surface area contributed by atoms with Crippen LogP contribution < -0.4 is 9.64 Å². The molecule has 0 spiro atoms. The molecule has 1 aliphatic rings. The number of hydrogen-bond donors (Lipinski definition) is 1. The number of rotatable bonds is 7. The van der Waals surface area contributed by atoms with Crippen LogP contribution in [0.25, 0.3) is 0 Å². The van der Waals surface area contributed by atoms with Crippen LogP contribution in [0.3, 0.4) is 0 Å². The number of anilines is 2. The van der Waals surface area contributed by atoms with Gasteiger partial charge in [-0.05, 0) is 48.4 Å². The maximum absolute atomic E-state index is 9.28. The molecule has 1 heterocycles. The molecule has 0 radical (unpaired) electrons. The van der Waals surface area contributed by atoms with E-state index < -0.39 is 0 Å². The molecule has 1 atom stereocenters. The van der Waals surface area contributed by atoms with Gasteiger partial charge in [0.1, 0.15) is 0 Å². The highest BCUT2D eigenvalue weighted by Gasteiger charge is 2.26. The van der Waals surface area contributed by atoms with Crippen molar-refractivity contribution in [2.24, 2.45) is 0 Å².